The van der Waals surface area contributed by atoms with Crippen molar-refractivity contribution in [3.63, 3.8) is 0 Å². The van der Waals surface area contributed by atoms with Crippen molar-refractivity contribution in [1.82, 2.24) is 15.2 Å². The molecule has 0 spiro atoms. The molecule has 4 heteroatoms. The number of nitrogens with zero attached hydrogens (tertiary/aromatic N) is 2. The van der Waals surface area contributed by atoms with Crippen molar-refractivity contribution < 1.29 is 5.11 Å². The van der Waals surface area contributed by atoms with Crippen LogP contribution in [0.2, 0.25) is 0 Å². The van der Waals surface area contributed by atoms with Gasteiger partial charge in [0.2, 0.25) is 0 Å². The van der Waals surface area contributed by atoms with E-state index < -0.39 is 0 Å². The fourth-order valence-electron chi connectivity index (χ4n) is 3.09. The molecular weight excluding hydrogens is 226 g/mol. The van der Waals surface area contributed by atoms with E-state index in [2.05, 4.69) is 15.2 Å². The normalized spacial score (nSPS) is 28.3. The zero-order valence-electron chi connectivity index (χ0n) is 10.9. The van der Waals surface area contributed by atoms with Gasteiger partial charge in [0, 0.05) is 37.4 Å². The minimum absolute atomic E-state index is 0.322. The summed E-state index contributed by atoms with van der Waals surface area (Å²) in [6.07, 6.45) is 3.82. The molecule has 18 heavy (non-hydrogen) atoms. The van der Waals surface area contributed by atoms with Gasteiger partial charge in [0.25, 0.3) is 0 Å². The van der Waals surface area contributed by atoms with Crippen LogP contribution < -0.4 is 5.32 Å². The van der Waals surface area contributed by atoms with Crippen LogP contribution in [0.5, 0.6) is 5.75 Å². The second-order valence-electron chi connectivity index (χ2n) is 5.58. The molecule has 2 bridgehead atoms. The Bertz CT molecular complexity index is 435. The number of aromatic hydroxyl groups is 1. The summed E-state index contributed by atoms with van der Waals surface area (Å²) >= 11 is 0. The number of likely N-dealkylation sites (tertiary alicyclic amines) is 1. The summed E-state index contributed by atoms with van der Waals surface area (Å²) in [5, 5.41) is 13.5. The summed E-state index contributed by atoms with van der Waals surface area (Å²) in [5.74, 6) is 0.322. The van der Waals surface area contributed by atoms with Crippen LogP contribution in [-0.4, -0.2) is 40.2 Å². The summed E-state index contributed by atoms with van der Waals surface area (Å²) in [6, 6.07) is 4.94. The zero-order valence-corrected chi connectivity index (χ0v) is 10.9. The van der Waals surface area contributed by atoms with Gasteiger partial charge in [0.1, 0.15) is 5.75 Å². The third kappa shape index (κ3) is 2.49. The van der Waals surface area contributed by atoms with Crippen LogP contribution in [0.1, 0.15) is 30.7 Å². The van der Waals surface area contributed by atoms with E-state index in [0.717, 1.165) is 31.0 Å². The predicted octanol–water partition coefficient (Wildman–Crippen LogP) is 1.42. The van der Waals surface area contributed by atoms with Gasteiger partial charge in [-0.3, -0.25) is 9.88 Å². The van der Waals surface area contributed by atoms with Crippen LogP contribution in [0.3, 0.4) is 0 Å². The lowest BCUT2D eigenvalue weighted by molar-refractivity contribution is 0.244. The van der Waals surface area contributed by atoms with Crippen LogP contribution in [0.4, 0.5) is 0 Å². The molecule has 0 aliphatic carbocycles. The van der Waals surface area contributed by atoms with E-state index in [9.17, 15) is 5.11 Å². The van der Waals surface area contributed by atoms with Gasteiger partial charge in [-0.05, 0) is 38.3 Å². The molecule has 2 fully saturated rings. The van der Waals surface area contributed by atoms with Crippen LogP contribution in [0.15, 0.2) is 12.1 Å². The van der Waals surface area contributed by atoms with Crippen molar-refractivity contribution in [2.75, 3.05) is 13.1 Å². The van der Waals surface area contributed by atoms with Crippen LogP contribution >= 0.6 is 0 Å². The Balaban J connectivity index is 1.70. The van der Waals surface area contributed by atoms with Gasteiger partial charge in [0.05, 0.1) is 5.69 Å². The number of hydrogen-bond acceptors (Lipinski definition) is 4. The topological polar surface area (TPSA) is 48.4 Å². The summed E-state index contributed by atoms with van der Waals surface area (Å²) in [7, 11) is 0. The number of hydrogen-bond donors (Lipinski definition) is 2. The Kier molecular flexibility index (Phi) is 3.22. The quantitative estimate of drug-likeness (QED) is 0.830. The molecule has 1 aromatic rings. The number of fused-ring (bicyclic) bond motifs is 2. The maximum absolute atomic E-state index is 9.86. The maximum Gasteiger partial charge on any atom is 0.138 e. The second-order valence-corrected chi connectivity index (χ2v) is 5.58. The van der Waals surface area contributed by atoms with E-state index in [0.29, 0.717) is 17.8 Å². The van der Waals surface area contributed by atoms with Gasteiger partial charge in [-0.2, -0.15) is 0 Å². The fraction of sp³-hybridized carbons (Fsp3) is 0.643. The molecule has 1 aromatic heterocycles. The lowest BCUT2D eigenvalue weighted by atomic mass is 10.1. The van der Waals surface area contributed by atoms with Crippen molar-refractivity contribution in [2.45, 2.75) is 44.8 Å². The van der Waals surface area contributed by atoms with E-state index in [4.69, 9.17) is 0 Å². The third-order valence-corrected chi connectivity index (χ3v) is 4.07. The molecule has 0 amide bonds. The first-order valence-electron chi connectivity index (χ1n) is 6.84. The van der Waals surface area contributed by atoms with E-state index >= 15 is 0 Å². The summed E-state index contributed by atoms with van der Waals surface area (Å²) in [6.45, 7) is 4.90. The zero-order chi connectivity index (χ0) is 12.5. The second kappa shape index (κ2) is 4.86. The number of nitrogens with one attached hydrogen (secondary N) is 1. The molecule has 0 radical (unpaired) electrons. The molecule has 4 nitrogen and oxygen atoms in total. The first-order chi connectivity index (χ1) is 8.70. The largest absolute Gasteiger partial charge is 0.506 e. The summed E-state index contributed by atoms with van der Waals surface area (Å²) in [4.78, 5) is 6.86. The molecule has 3 rings (SSSR count). The van der Waals surface area contributed by atoms with Gasteiger partial charge in [-0.1, -0.05) is 0 Å². The van der Waals surface area contributed by atoms with Gasteiger partial charge in [-0.25, -0.2) is 0 Å². The highest BCUT2D eigenvalue weighted by Crippen LogP contribution is 2.23. The van der Waals surface area contributed by atoms with Crippen LogP contribution in [0, 0.1) is 6.92 Å². The third-order valence-electron chi connectivity index (χ3n) is 4.07. The van der Waals surface area contributed by atoms with Gasteiger partial charge in [0.15, 0.2) is 0 Å². The lowest BCUT2D eigenvalue weighted by Gasteiger charge is -2.23. The molecule has 2 N–H and O–H groups in total. The molecule has 2 atom stereocenters. The molecule has 3 heterocycles. The molecular formula is C14H21N3O. The first kappa shape index (κ1) is 11.9. The number of rotatable bonds is 2. The molecule has 2 aliphatic rings. The van der Waals surface area contributed by atoms with Crippen LogP contribution in [-0.2, 0) is 6.54 Å². The number of pyridine rings is 1. The molecule has 0 aromatic carbocycles. The SMILES string of the molecule is Cc1ccc(O)c(CN2CCC3CCC(C2)N3)n1. The molecule has 2 unspecified atom stereocenters. The highest BCUT2D eigenvalue weighted by atomic mass is 16.3. The Morgan fingerprint density at radius 1 is 1.33 bits per heavy atom. The lowest BCUT2D eigenvalue weighted by Crippen LogP contribution is -2.35. The van der Waals surface area contributed by atoms with Crippen molar-refractivity contribution in [1.29, 1.82) is 0 Å². The Morgan fingerprint density at radius 2 is 2.17 bits per heavy atom. The van der Waals surface area contributed by atoms with E-state index in [1.165, 1.54) is 19.3 Å². The molecule has 98 valence electrons. The number of aryl methyl sites for hydroxylation is 1. The standard InChI is InChI=1S/C14H21N3O/c1-10-2-5-14(18)13(15-10)9-17-7-6-11-3-4-12(8-17)16-11/h2,5,11-12,16,18H,3-4,6-9H2,1H3. The Hall–Kier alpha value is -1.13. The van der Waals surface area contributed by atoms with E-state index in [-0.39, 0.29) is 0 Å². The van der Waals surface area contributed by atoms with E-state index in [1.54, 1.807) is 6.07 Å². The van der Waals surface area contributed by atoms with Crippen molar-refractivity contribution in [3.05, 3.63) is 23.5 Å². The number of aromatic nitrogens is 1. The van der Waals surface area contributed by atoms with Crippen LogP contribution in [0.25, 0.3) is 0 Å². The summed E-state index contributed by atoms with van der Waals surface area (Å²) in [5.41, 5.74) is 1.78. The first-order valence-corrected chi connectivity index (χ1v) is 6.84. The Labute approximate surface area is 108 Å². The molecule has 0 saturated carbocycles. The maximum atomic E-state index is 9.86. The van der Waals surface area contributed by atoms with Gasteiger partial charge < -0.3 is 10.4 Å². The van der Waals surface area contributed by atoms with E-state index in [1.807, 2.05) is 13.0 Å². The average molecular weight is 247 g/mol. The van der Waals surface area contributed by atoms with Gasteiger partial charge in [-0.15, -0.1) is 0 Å². The fourth-order valence-corrected chi connectivity index (χ4v) is 3.09. The smallest absolute Gasteiger partial charge is 0.138 e. The highest BCUT2D eigenvalue weighted by molar-refractivity contribution is 5.27. The van der Waals surface area contributed by atoms with Gasteiger partial charge >= 0.3 is 0 Å². The molecule has 2 saturated heterocycles. The highest BCUT2D eigenvalue weighted by Gasteiger charge is 2.29. The minimum atomic E-state index is 0.322. The average Bonchev–Trinajstić information content (AvgIpc) is 2.67. The minimum Gasteiger partial charge on any atom is -0.506 e. The van der Waals surface area contributed by atoms with Crippen molar-refractivity contribution in [3.8, 4) is 5.75 Å². The predicted molar refractivity (Wildman–Crippen MR) is 70.5 cm³/mol. The Morgan fingerprint density at radius 3 is 3.06 bits per heavy atom. The molecule has 2 aliphatic heterocycles. The summed E-state index contributed by atoms with van der Waals surface area (Å²) < 4.78 is 0. The van der Waals surface area contributed by atoms with Crippen molar-refractivity contribution in [2.24, 2.45) is 0 Å². The monoisotopic (exact) mass is 247 g/mol. The van der Waals surface area contributed by atoms with Crippen molar-refractivity contribution >= 4 is 0 Å².